The second kappa shape index (κ2) is 5.46. The van der Waals surface area contributed by atoms with Gasteiger partial charge in [0.2, 0.25) is 0 Å². The highest BCUT2D eigenvalue weighted by atomic mass is 16.6. The third kappa shape index (κ3) is 2.25. The van der Waals surface area contributed by atoms with Crippen LogP contribution in [-0.4, -0.2) is 29.6 Å². The number of epoxide rings is 1. The van der Waals surface area contributed by atoms with E-state index in [0.29, 0.717) is 17.8 Å². The zero-order valence-electron chi connectivity index (χ0n) is 17.0. The van der Waals surface area contributed by atoms with Crippen molar-refractivity contribution in [3.63, 3.8) is 0 Å². The molecular formula is C23H32O4. The summed E-state index contributed by atoms with van der Waals surface area (Å²) < 4.78 is 11.6. The molecule has 0 aromatic heterocycles. The molecule has 0 spiro atoms. The van der Waals surface area contributed by atoms with Crippen LogP contribution in [-0.2, 0) is 19.1 Å². The van der Waals surface area contributed by atoms with E-state index >= 15 is 0 Å². The molecule has 0 radical (unpaired) electrons. The van der Waals surface area contributed by atoms with Crippen LogP contribution in [0.1, 0.15) is 72.6 Å². The summed E-state index contributed by atoms with van der Waals surface area (Å²) in [6.07, 6.45) is 10.1. The summed E-state index contributed by atoms with van der Waals surface area (Å²) in [6.45, 7) is 8.07. The molecule has 4 aliphatic carbocycles. The van der Waals surface area contributed by atoms with Gasteiger partial charge >= 0.3 is 5.97 Å². The fourth-order valence-electron chi connectivity index (χ4n) is 7.76. The van der Waals surface area contributed by atoms with E-state index in [1.165, 1.54) is 25.3 Å². The molecule has 3 saturated carbocycles. The van der Waals surface area contributed by atoms with Gasteiger partial charge in [-0.2, -0.15) is 0 Å². The molecule has 1 aliphatic heterocycles. The minimum atomic E-state index is -0.452. The average molecular weight is 373 g/mol. The van der Waals surface area contributed by atoms with Crippen molar-refractivity contribution in [3.05, 3.63) is 11.6 Å². The first-order chi connectivity index (χ1) is 12.7. The normalized spacial score (nSPS) is 52.6. The Labute approximate surface area is 162 Å². The summed E-state index contributed by atoms with van der Waals surface area (Å²) in [5.41, 5.74) is 1.47. The van der Waals surface area contributed by atoms with Crippen molar-refractivity contribution >= 4 is 11.8 Å². The Morgan fingerprint density at radius 2 is 1.93 bits per heavy atom. The van der Waals surface area contributed by atoms with Gasteiger partial charge < -0.3 is 9.47 Å². The molecule has 0 unspecified atom stereocenters. The number of carbonyl (C=O) groups is 2. The second-order valence-electron chi connectivity index (χ2n) is 10.4. The Bertz CT molecular complexity index is 741. The molecule has 4 nitrogen and oxygen atoms in total. The summed E-state index contributed by atoms with van der Waals surface area (Å²) in [6, 6.07) is 0. The van der Waals surface area contributed by atoms with Gasteiger partial charge in [0, 0.05) is 18.8 Å². The first kappa shape index (κ1) is 17.9. The fourth-order valence-corrected chi connectivity index (χ4v) is 7.76. The van der Waals surface area contributed by atoms with Crippen LogP contribution < -0.4 is 0 Å². The van der Waals surface area contributed by atoms with Gasteiger partial charge in [-0.25, -0.2) is 0 Å². The van der Waals surface area contributed by atoms with E-state index in [1.54, 1.807) is 6.92 Å². The summed E-state index contributed by atoms with van der Waals surface area (Å²) in [5, 5.41) is 0. The van der Waals surface area contributed by atoms with E-state index in [0.717, 1.165) is 32.1 Å². The highest BCUT2D eigenvalue weighted by Gasteiger charge is 2.77. The van der Waals surface area contributed by atoms with Crippen LogP contribution in [0.4, 0.5) is 0 Å². The lowest BCUT2D eigenvalue weighted by molar-refractivity contribution is -0.148. The first-order valence-corrected chi connectivity index (χ1v) is 10.8. The number of ether oxygens (including phenoxy) is 2. The smallest absolute Gasteiger partial charge is 0.302 e. The Hall–Kier alpha value is -1.16. The predicted molar refractivity (Wildman–Crippen MR) is 101 cm³/mol. The number of hydrogen-bond donors (Lipinski definition) is 0. The zero-order chi connectivity index (χ0) is 19.2. The second-order valence-corrected chi connectivity index (χ2v) is 10.4. The molecule has 0 bridgehead atoms. The minimum absolute atomic E-state index is 0.0562. The molecule has 0 aromatic rings. The molecule has 4 fully saturated rings. The standard InChI is InChI=1S/C23H32O4/c1-13(24)23-12-19-17-6-5-15-11-16(26-14(2)25)7-9-21(15,3)18(17)8-10-22(19,4)20(23)27-23/h5,16-20H,6-12H2,1-4H3/t16-,17-,18+,19+,20+,21+,22+,23+/m1/s1. The number of rotatable bonds is 2. The molecule has 1 saturated heterocycles. The van der Waals surface area contributed by atoms with Crippen LogP contribution in [0.2, 0.25) is 0 Å². The molecular weight excluding hydrogens is 340 g/mol. The van der Waals surface area contributed by atoms with Crippen molar-refractivity contribution in [2.24, 2.45) is 28.6 Å². The van der Waals surface area contributed by atoms with Gasteiger partial charge in [0.05, 0.1) is 0 Å². The van der Waals surface area contributed by atoms with Crippen molar-refractivity contribution in [1.82, 2.24) is 0 Å². The maximum Gasteiger partial charge on any atom is 0.302 e. The van der Waals surface area contributed by atoms with Crippen molar-refractivity contribution in [1.29, 1.82) is 0 Å². The van der Waals surface area contributed by atoms with Crippen molar-refractivity contribution < 1.29 is 19.1 Å². The zero-order valence-corrected chi connectivity index (χ0v) is 17.0. The lowest BCUT2D eigenvalue weighted by Crippen LogP contribution is -2.51. The van der Waals surface area contributed by atoms with E-state index in [9.17, 15) is 9.59 Å². The number of esters is 1. The first-order valence-electron chi connectivity index (χ1n) is 10.8. The van der Waals surface area contributed by atoms with Gasteiger partial charge in [-0.1, -0.05) is 25.5 Å². The van der Waals surface area contributed by atoms with Gasteiger partial charge in [0.15, 0.2) is 11.4 Å². The summed E-state index contributed by atoms with van der Waals surface area (Å²) in [7, 11) is 0. The number of carbonyl (C=O) groups excluding carboxylic acids is 2. The maximum absolute atomic E-state index is 12.3. The van der Waals surface area contributed by atoms with Gasteiger partial charge in [0.1, 0.15) is 12.2 Å². The third-order valence-corrected chi connectivity index (χ3v) is 9.24. The van der Waals surface area contributed by atoms with E-state index < -0.39 is 5.60 Å². The maximum atomic E-state index is 12.3. The number of hydrogen-bond acceptors (Lipinski definition) is 4. The Morgan fingerprint density at radius 1 is 1.15 bits per heavy atom. The van der Waals surface area contributed by atoms with Crippen LogP contribution in [0.15, 0.2) is 11.6 Å². The fraction of sp³-hybridized carbons (Fsp3) is 0.826. The Morgan fingerprint density at radius 3 is 2.63 bits per heavy atom. The van der Waals surface area contributed by atoms with Crippen molar-refractivity contribution in [3.8, 4) is 0 Å². The number of Topliss-reactive ketones (excluding diaryl/α,β-unsaturated/α-hetero) is 1. The van der Waals surface area contributed by atoms with E-state index in [-0.39, 0.29) is 34.8 Å². The summed E-state index contributed by atoms with van der Waals surface area (Å²) >= 11 is 0. The van der Waals surface area contributed by atoms with Crippen LogP contribution >= 0.6 is 0 Å². The van der Waals surface area contributed by atoms with Gasteiger partial charge in [-0.3, -0.25) is 9.59 Å². The van der Waals surface area contributed by atoms with Crippen LogP contribution in [0.25, 0.3) is 0 Å². The topological polar surface area (TPSA) is 55.9 Å². The molecule has 0 aromatic carbocycles. The van der Waals surface area contributed by atoms with Gasteiger partial charge in [-0.05, 0) is 68.6 Å². The summed E-state index contributed by atoms with van der Waals surface area (Å²) in [4.78, 5) is 23.7. The lowest BCUT2D eigenvalue weighted by atomic mass is 9.48. The van der Waals surface area contributed by atoms with E-state index in [2.05, 4.69) is 19.9 Å². The molecule has 0 amide bonds. The third-order valence-electron chi connectivity index (χ3n) is 9.24. The molecule has 148 valence electrons. The molecule has 5 rings (SSSR count). The Kier molecular flexibility index (Phi) is 3.62. The quantitative estimate of drug-likeness (QED) is 0.414. The number of fused-ring (bicyclic) bond motifs is 7. The van der Waals surface area contributed by atoms with Crippen LogP contribution in [0.3, 0.4) is 0 Å². The molecule has 8 atom stereocenters. The van der Waals surface area contributed by atoms with E-state index in [1.807, 2.05) is 0 Å². The largest absolute Gasteiger partial charge is 0.462 e. The highest BCUT2D eigenvalue weighted by molar-refractivity contribution is 5.89. The Balaban J connectivity index is 1.42. The van der Waals surface area contributed by atoms with Crippen molar-refractivity contribution in [2.75, 3.05) is 0 Å². The van der Waals surface area contributed by atoms with Crippen molar-refractivity contribution in [2.45, 2.75) is 90.4 Å². The molecule has 0 N–H and O–H groups in total. The van der Waals surface area contributed by atoms with E-state index in [4.69, 9.17) is 9.47 Å². The van der Waals surface area contributed by atoms with Gasteiger partial charge in [-0.15, -0.1) is 0 Å². The van der Waals surface area contributed by atoms with Gasteiger partial charge in [0.25, 0.3) is 0 Å². The van der Waals surface area contributed by atoms with Crippen LogP contribution in [0, 0.1) is 28.6 Å². The molecule has 27 heavy (non-hydrogen) atoms. The lowest BCUT2D eigenvalue weighted by Gasteiger charge is -2.57. The molecule has 5 aliphatic rings. The number of allylic oxidation sites excluding steroid dienone is 1. The minimum Gasteiger partial charge on any atom is -0.462 e. The summed E-state index contributed by atoms with van der Waals surface area (Å²) in [5.74, 6) is 2.02. The monoisotopic (exact) mass is 372 g/mol. The number of ketones is 1. The van der Waals surface area contributed by atoms with Crippen LogP contribution in [0.5, 0.6) is 0 Å². The highest BCUT2D eigenvalue weighted by Crippen LogP contribution is 2.72. The molecule has 1 heterocycles. The average Bonchev–Trinajstić information content (AvgIpc) is 3.28. The SMILES string of the molecule is CC(=O)O[C@@H]1CC[C@@]2(C)C(=CC[C@H]3[C@@H]4C[C@@]5(C(C)=O)O[C@H]5[C@@]4(C)CC[C@@H]32)C1. The predicted octanol–water partition coefficient (Wildman–Crippen LogP) is 4.22. The molecule has 4 heteroatoms.